The Kier molecular flexibility index (Phi) is 5.38. The molecular weight excluding hydrogens is 366 g/mol. The van der Waals surface area contributed by atoms with Gasteiger partial charge in [-0.25, -0.2) is 0 Å². The topological polar surface area (TPSA) is 60.4 Å². The third-order valence-electron chi connectivity index (χ3n) is 2.82. The molecule has 0 aromatic heterocycles. The molecule has 1 rings (SSSR count). The molecule has 0 spiro atoms. The Morgan fingerprint density at radius 2 is 1.58 bits per heavy atom. The number of hydrogen-bond acceptors (Lipinski definition) is 4. The van der Waals surface area contributed by atoms with Crippen LogP contribution in [0.4, 0.5) is 26.3 Å². The van der Waals surface area contributed by atoms with Crippen molar-refractivity contribution in [3.05, 3.63) is 46.7 Å². The lowest BCUT2D eigenvalue weighted by atomic mass is 10.0. The molecule has 11 heteroatoms. The maximum atomic E-state index is 12.7. The van der Waals surface area contributed by atoms with Gasteiger partial charge in [0.2, 0.25) is 5.76 Å². The van der Waals surface area contributed by atoms with Crippen molar-refractivity contribution in [3.8, 4) is 0 Å². The highest BCUT2D eigenvalue weighted by Gasteiger charge is 2.52. The maximum Gasteiger partial charge on any atom is 0.534 e. The molecule has 0 unspecified atom stereocenters. The smallest absolute Gasteiger partial charge is 0.371 e. The molecule has 1 aromatic rings. The van der Waals surface area contributed by atoms with Crippen LogP contribution in [0.1, 0.15) is 21.5 Å². The number of ketones is 1. The number of alkyl halides is 6. The normalized spacial score (nSPS) is 13.8. The zero-order chi connectivity index (χ0) is 18.9. The summed E-state index contributed by atoms with van der Waals surface area (Å²) in [4.78, 5) is 11.8. The van der Waals surface area contributed by atoms with E-state index in [2.05, 4.69) is 4.18 Å². The summed E-state index contributed by atoms with van der Waals surface area (Å²) in [6.45, 7) is 3.23. The van der Waals surface area contributed by atoms with Gasteiger partial charge in [-0.3, -0.25) is 4.79 Å². The van der Waals surface area contributed by atoms with E-state index in [-0.39, 0.29) is 11.6 Å². The second-order valence-corrected chi connectivity index (χ2v) is 6.19. The van der Waals surface area contributed by atoms with Gasteiger partial charge >= 0.3 is 21.8 Å². The molecule has 0 saturated heterocycles. The molecule has 0 aliphatic heterocycles. The first kappa shape index (κ1) is 20.0. The summed E-state index contributed by atoms with van der Waals surface area (Å²) in [6.07, 6.45) is -5.96. The van der Waals surface area contributed by atoms with Crippen LogP contribution in [0.25, 0.3) is 0 Å². The van der Waals surface area contributed by atoms with Gasteiger partial charge in [-0.05, 0) is 31.0 Å². The number of hydrogen-bond donors (Lipinski definition) is 0. The minimum Gasteiger partial charge on any atom is -0.371 e. The van der Waals surface area contributed by atoms with Gasteiger partial charge in [0.05, 0.1) is 0 Å². The van der Waals surface area contributed by atoms with E-state index in [1.807, 2.05) is 0 Å². The highest BCUT2D eigenvalue weighted by Crippen LogP contribution is 2.33. The Morgan fingerprint density at radius 1 is 1.04 bits per heavy atom. The fourth-order valence-electron chi connectivity index (χ4n) is 1.42. The minimum atomic E-state index is -6.56. The summed E-state index contributed by atoms with van der Waals surface area (Å²) in [7, 11) is -6.56. The van der Waals surface area contributed by atoms with E-state index in [0.717, 1.165) is 11.6 Å². The van der Waals surface area contributed by atoms with Crippen LogP contribution in [-0.4, -0.2) is 25.9 Å². The van der Waals surface area contributed by atoms with Gasteiger partial charge in [0.15, 0.2) is 5.78 Å². The molecule has 0 heterocycles. The van der Waals surface area contributed by atoms with Crippen LogP contribution in [0.5, 0.6) is 0 Å². The lowest BCUT2D eigenvalue weighted by molar-refractivity contribution is -0.119. The van der Waals surface area contributed by atoms with Gasteiger partial charge in [-0.2, -0.15) is 34.8 Å². The van der Waals surface area contributed by atoms with Crippen molar-refractivity contribution in [3.63, 3.8) is 0 Å². The molecule has 4 nitrogen and oxygen atoms in total. The quantitative estimate of drug-likeness (QED) is 0.200. The van der Waals surface area contributed by atoms with Crippen molar-refractivity contribution in [2.24, 2.45) is 0 Å². The van der Waals surface area contributed by atoms with Crippen molar-refractivity contribution >= 4 is 15.9 Å². The van der Waals surface area contributed by atoms with Crippen LogP contribution < -0.4 is 0 Å². The first-order chi connectivity index (χ1) is 10.6. The molecule has 0 amide bonds. The highest BCUT2D eigenvalue weighted by molar-refractivity contribution is 7.87. The van der Waals surface area contributed by atoms with Gasteiger partial charge in [0, 0.05) is 11.6 Å². The number of benzene rings is 1. The number of rotatable bonds is 4. The van der Waals surface area contributed by atoms with Crippen molar-refractivity contribution in [2.45, 2.75) is 25.5 Å². The average Bonchev–Trinajstić information content (AvgIpc) is 2.38. The summed E-state index contributed by atoms with van der Waals surface area (Å²) < 4.78 is 99.0. The Bertz CT molecular complexity index is 775. The first-order valence-corrected chi connectivity index (χ1v) is 7.47. The first-order valence-electron chi connectivity index (χ1n) is 6.06. The van der Waals surface area contributed by atoms with Gasteiger partial charge in [-0.1, -0.05) is 12.1 Å². The molecule has 0 N–H and O–H groups in total. The zero-order valence-electron chi connectivity index (χ0n) is 12.1. The number of carbonyl (C=O) groups is 1. The van der Waals surface area contributed by atoms with E-state index in [1.165, 1.54) is 12.1 Å². The molecule has 0 atom stereocenters. The maximum absolute atomic E-state index is 12.7. The second kappa shape index (κ2) is 6.46. The van der Waals surface area contributed by atoms with Crippen LogP contribution in [0, 0.1) is 13.8 Å². The van der Waals surface area contributed by atoms with Crippen molar-refractivity contribution in [1.29, 1.82) is 0 Å². The summed E-state index contributed by atoms with van der Waals surface area (Å²) in [5.41, 5.74) is -5.07. The molecular formula is C13H10F6O4S. The third-order valence-corrected chi connectivity index (χ3v) is 3.78. The summed E-state index contributed by atoms with van der Waals surface area (Å²) >= 11 is 0. The fourth-order valence-corrected chi connectivity index (χ4v) is 1.89. The minimum absolute atomic E-state index is 0.271. The molecule has 0 aliphatic rings. The predicted molar refractivity (Wildman–Crippen MR) is 70.4 cm³/mol. The molecule has 0 fully saturated rings. The fraction of sp³-hybridized carbons (Fsp3) is 0.308. The Balaban J connectivity index is 3.29. The summed E-state index contributed by atoms with van der Waals surface area (Å²) in [5, 5.41) is 0. The van der Waals surface area contributed by atoms with Gasteiger partial charge < -0.3 is 4.18 Å². The van der Waals surface area contributed by atoms with Gasteiger partial charge in [-0.15, -0.1) is 0 Å². The van der Waals surface area contributed by atoms with Crippen LogP contribution in [0.15, 0.2) is 30.0 Å². The molecule has 0 radical (unpaired) electrons. The van der Waals surface area contributed by atoms with Crippen LogP contribution in [0.3, 0.4) is 0 Å². The third kappa shape index (κ3) is 4.73. The Morgan fingerprint density at radius 3 is 2.00 bits per heavy atom. The van der Waals surface area contributed by atoms with Gasteiger partial charge in [0.1, 0.15) is 0 Å². The standard InChI is InChI=1S/C13H10F6O4S/c1-7-3-4-9(5-8(7)2)10(20)6-11(12(14,15)16)23-24(21,22)13(17,18)19/h3-6H,1-2H3/b11-6-. The van der Waals surface area contributed by atoms with E-state index in [4.69, 9.17) is 0 Å². The molecule has 24 heavy (non-hydrogen) atoms. The van der Waals surface area contributed by atoms with Crippen LogP contribution in [-0.2, 0) is 14.3 Å². The lowest BCUT2D eigenvalue weighted by Gasteiger charge is -2.14. The van der Waals surface area contributed by atoms with E-state index in [1.54, 1.807) is 13.8 Å². The SMILES string of the molecule is Cc1ccc(C(=O)/C=C(\OS(=O)(=O)C(F)(F)F)C(F)(F)F)cc1C. The molecule has 0 saturated carbocycles. The lowest BCUT2D eigenvalue weighted by Crippen LogP contribution is -2.29. The van der Waals surface area contributed by atoms with Crippen LogP contribution >= 0.6 is 0 Å². The zero-order valence-corrected chi connectivity index (χ0v) is 12.9. The van der Waals surface area contributed by atoms with E-state index < -0.39 is 33.3 Å². The van der Waals surface area contributed by atoms with E-state index in [0.29, 0.717) is 5.56 Å². The van der Waals surface area contributed by atoms with Crippen molar-refractivity contribution in [2.75, 3.05) is 0 Å². The predicted octanol–water partition coefficient (Wildman–Crippen LogP) is 3.80. The Labute approximate surface area is 132 Å². The average molecular weight is 376 g/mol. The largest absolute Gasteiger partial charge is 0.534 e. The number of aryl methyl sites for hydroxylation is 2. The monoisotopic (exact) mass is 376 g/mol. The molecule has 1 aromatic carbocycles. The highest BCUT2D eigenvalue weighted by atomic mass is 32.2. The van der Waals surface area contributed by atoms with Crippen molar-refractivity contribution in [1.82, 2.24) is 0 Å². The number of halogens is 6. The van der Waals surface area contributed by atoms with Crippen molar-refractivity contribution < 1.29 is 43.7 Å². The molecule has 134 valence electrons. The number of allylic oxidation sites excluding steroid dienone is 2. The van der Waals surface area contributed by atoms with E-state index >= 15 is 0 Å². The Hall–Kier alpha value is -2.04. The van der Waals surface area contributed by atoms with Crippen LogP contribution in [0.2, 0.25) is 0 Å². The number of carbonyl (C=O) groups excluding carboxylic acids is 1. The van der Waals surface area contributed by atoms with Gasteiger partial charge in [0.25, 0.3) is 0 Å². The van der Waals surface area contributed by atoms with E-state index in [9.17, 15) is 39.6 Å². The molecule has 0 bridgehead atoms. The summed E-state index contributed by atoms with van der Waals surface area (Å²) in [5.74, 6) is -3.94. The summed E-state index contributed by atoms with van der Waals surface area (Å²) in [6, 6.07) is 3.77. The second-order valence-electron chi connectivity index (χ2n) is 4.65. The molecule has 0 aliphatic carbocycles.